The zero-order valence-electron chi connectivity index (χ0n) is 8.10. The molecule has 78 valence electrons. The van der Waals surface area contributed by atoms with Crippen LogP contribution in [0.4, 0.5) is 0 Å². The SMILES string of the molecule is CN.O=C(O)CCc1ccccc1O. The molecular weight excluding hydrogens is 182 g/mol. The molecule has 0 radical (unpaired) electrons. The van der Waals surface area contributed by atoms with E-state index < -0.39 is 5.97 Å². The van der Waals surface area contributed by atoms with Crippen LogP contribution in [-0.2, 0) is 11.2 Å². The van der Waals surface area contributed by atoms with Crippen molar-refractivity contribution < 1.29 is 15.0 Å². The van der Waals surface area contributed by atoms with Crippen LogP contribution in [0.15, 0.2) is 24.3 Å². The van der Waals surface area contributed by atoms with Crippen LogP contribution >= 0.6 is 0 Å². The maximum atomic E-state index is 10.2. The van der Waals surface area contributed by atoms with Crippen molar-refractivity contribution in [2.24, 2.45) is 5.73 Å². The molecule has 14 heavy (non-hydrogen) atoms. The number of carboxylic acid groups (broad SMARTS) is 1. The molecule has 0 saturated heterocycles. The number of phenols is 1. The number of hydrogen-bond donors (Lipinski definition) is 3. The normalized spacial score (nSPS) is 8.71. The van der Waals surface area contributed by atoms with E-state index in [0.717, 1.165) is 0 Å². The van der Waals surface area contributed by atoms with Crippen LogP contribution in [-0.4, -0.2) is 23.2 Å². The molecule has 0 aliphatic carbocycles. The molecule has 0 unspecified atom stereocenters. The van der Waals surface area contributed by atoms with Crippen molar-refractivity contribution in [1.82, 2.24) is 0 Å². The fourth-order valence-corrected chi connectivity index (χ4v) is 0.964. The maximum absolute atomic E-state index is 10.2. The molecule has 4 N–H and O–H groups in total. The van der Waals surface area contributed by atoms with Gasteiger partial charge in [-0.15, -0.1) is 0 Å². The van der Waals surface area contributed by atoms with Gasteiger partial charge < -0.3 is 15.9 Å². The molecule has 0 saturated carbocycles. The minimum Gasteiger partial charge on any atom is -0.508 e. The number of nitrogens with two attached hydrogens (primary N) is 1. The average molecular weight is 197 g/mol. The van der Waals surface area contributed by atoms with Crippen molar-refractivity contribution in [1.29, 1.82) is 0 Å². The summed E-state index contributed by atoms with van der Waals surface area (Å²) in [6.45, 7) is 0. The molecule has 1 aromatic carbocycles. The first-order valence-electron chi connectivity index (χ1n) is 4.26. The Morgan fingerprint density at radius 1 is 1.36 bits per heavy atom. The number of aryl methyl sites for hydroxylation is 1. The molecule has 1 aromatic rings. The van der Waals surface area contributed by atoms with Gasteiger partial charge >= 0.3 is 5.97 Å². The quantitative estimate of drug-likeness (QED) is 0.674. The Morgan fingerprint density at radius 3 is 2.43 bits per heavy atom. The Bertz CT molecular complexity index is 286. The van der Waals surface area contributed by atoms with Crippen molar-refractivity contribution in [3.63, 3.8) is 0 Å². The van der Waals surface area contributed by atoms with E-state index in [0.29, 0.717) is 12.0 Å². The molecular formula is C10H15NO3. The third-order valence-corrected chi connectivity index (χ3v) is 1.60. The van der Waals surface area contributed by atoms with Crippen molar-refractivity contribution in [2.45, 2.75) is 12.8 Å². The number of phenolic OH excluding ortho intramolecular Hbond substituents is 1. The number of benzene rings is 1. The first kappa shape index (κ1) is 12.4. The molecule has 1 rings (SSSR count). The number of rotatable bonds is 3. The highest BCUT2D eigenvalue weighted by Crippen LogP contribution is 2.16. The number of carboxylic acids is 1. The Balaban J connectivity index is 0.000000791. The largest absolute Gasteiger partial charge is 0.508 e. The lowest BCUT2D eigenvalue weighted by molar-refractivity contribution is -0.136. The Morgan fingerprint density at radius 2 is 1.93 bits per heavy atom. The fraction of sp³-hybridized carbons (Fsp3) is 0.300. The number of aromatic hydroxyl groups is 1. The average Bonchev–Trinajstić information content (AvgIpc) is 2.19. The van der Waals surface area contributed by atoms with Gasteiger partial charge in [0, 0.05) is 6.42 Å². The van der Waals surface area contributed by atoms with Crippen LogP contribution in [0.3, 0.4) is 0 Å². The van der Waals surface area contributed by atoms with Gasteiger partial charge in [0.1, 0.15) is 5.75 Å². The smallest absolute Gasteiger partial charge is 0.303 e. The predicted molar refractivity (Wildman–Crippen MR) is 54.2 cm³/mol. The summed E-state index contributed by atoms with van der Waals surface area (Å²) in [7, 11) is 1.50. The summed E-state index contributed by atoms with van der Waals surface area (Å²) in [5.41, 5.74) is 5.18. The maximum Gasteiger partial charge on any atom is 0.303 e. The summed E-state index contributed by atoms with van der Waals surface area (Å²) in [5, 5.41) is 17.6. The number of hydrogen-bond acceptors (Lipinski definition) is 3. The van der Waals surface area contributed by atoms with Crippen molar-refractivity contribution in [2.75, 3.05) is 7.05 Å². The van der Waals surface area contributed by atoms with E-state index in [1.54, 1.807) is 24.3 Å². The molecule has 0 heterocycles. The van der Waals surface area contributed by atoms with Crippen LogP contribution in [0.5, 0.6) is 5.75 Å². The topological polar surface area (TPSA) is 83.6 Å². The second-order valence-electron chi connectivity index (χ2n) is 2.52. The molecule has 0 aliphatic heterocycles. The van der Waals surface area contributed by atoms with E-state index >= 15 is 0 Å². The lowest BCUT2D eigenvalue weighted by Gasteiger charge is -2.00. The van der Waals surface area contributed by atoms with Gasteiger partial charge in [0.05, 0.1) is 0 Å². The van der Waals surface area contributed by atoms with Gasteiger partial charge in [0.15, 0.2) is 0 Å². The minimum absolute atomic E-state index is 0.0531. The highest BCUT2D eigenvalue weighted by molar-refractivity contribution is 5.67. The molecule has 4 heteroatoms. The number of para-hydroxylation sites is 1. The van der Waals surface area contributed by atoms with Crippen molar-refractivity contribution in [3.05, 3.63) is 29.8 Å². The summed E-state index contributed by atoms with van der Waals surface area (Å²) in [4.78, 5) is 10.2. The fourth-order valence-electron chi connectivity index (χ4n) is 0.964. The Labute approximate surface area is 83.0 Å². The zero-order chi connectivity index (χ0) is 11.0. The molecule has 0 atom stereocenters. The molecule has 0 amide bonds. The van der Waals surface area contributed by atoms with Gasteiger partial charge in [-0.05, 0) is 25.1 Å². The second kappa shape index (κ2) is 6.91. The van der Waals surface area contributed by atoms with E-state index in [-0.39, 0.29) is 12.2 Å². The first-order valence-corrected chi connectivity index (χ1v) is 4.26. The Kier molecular flexibility index (Phi) is 6.15. The summed E-state index contributed by atoms with van der Waals surface area (Å²) in [6.07, 6.45) is 0.430. The molecule has 0 bridgehead atoms. The van der Waals surface area contributed by atoms with Crippen molar-refractivity contribution in [3.8, 4) is 5.75 Å². The van der Waals surface area contributed by atoms with Crippen LogP contribution in [0.25, 0.3) is 0 Å². The first-order chi connectivity index (χ1) is 6.70. The molecule has 0 aromatic heterocycles. The van der Waals surface area contributed by atoms with Crippen LogP contribution in [0.1, 0.15) is 12.0 Å². The van der Waals surface area contributed by atoms with E-state index in [9.17, 15) is 9.90 Å². The van der Waals surface area contributed by atoms with E-state index in [4.69, 9.17) is 5.11 Å². The van der Waals surface area contributed by atoms with E-state index in [2.05, 4.69) is 5.73 Å². The number of aliphatic carboxylic acids is 1. The zero-order valence-corrected chi connectivity index (χ0v) is 8.10. The lowest BCUT2D eigenvalue weighted by Crippen LogP contribution is -1.97. The summed E-state index contributed by atoms with van der Waals surface area (Å²) >= 11 is 0. The molecule has 0 fully saturated rings. The van der Waals surface area contributed by atoms with Gasteiger partial charge in [0.25, 0.3) is 0 Å². The highest BCUT2D eigenvalue weighted by atomic mass is 16.4. The van der Waals surface area contributed by atoms with Crippen molar-refractivity contribution >= 4 is 5.97 Å². The minimum atomic E-state index is -0.849. The monoisotopic (exact) mass is 197 g/mol. The number of carbonyl (C=O) groups is 1. The van der Waals surface area contributed by atoms with Gasteiger partial charge in [-0.1, -0.05) is 18.2 Å². The molecule has 4 nitrogen and oxygen atoms in total. The third kappa shape index (κ3) is 4.47. The van der Waals surface area contributed by atoms with E-state index in [1.165, 1.54) is 7.05 Å². The second-order valence-corrected chi connectivity index (χ2v) is 2.52. The van der Waals surface area contributed by atoms with Gasteiger partial charge in [0.2, 0.25) is 0 Å². The summed E-state index contributed by atoms with van der Waals surface area (Å²) in [6, 6.07) is 6.76. The standard InChI is InChI=1S/C9H10O3.CH5N/c10-8-4-2-1-3-7(8)5-6-9(11)12;1-2/h1-4,10H,5-6H2,(H,11,12);2H2,1H3. The highest BCUT2D eigenvalue weighted by Gasteiger charge is 2.02. The van der Waals surface area contributed by atoms with Gasteiger partial charge in [-0.2, -0.15) is 0 Å². The predicted octanol–water partition coefficient (Wildman–Crippen LogP) is 0.984. The van der Waals surface area contributed by atoms with Crippen LogP contribution in [0.2, 0.25) is 0 Å². The third-order valence-electron chi connectivity index (χ3n) is 1.60. The van der Waals surface area contributed by atoms with E-state index in [1.807, 2.05) is 0 Å². The molecule has 0 spiro atoms. The molecule has 0 aliphatic rings. The summed E-state index contributed by atoms with van der Waals surface area (Å²) < 4.78 is 0. The van der Waals surface area contributed by atoms with Crippen LogP contribution < -0.4 is 5.73 Å². The van der Waals surface area contributed by atoms with Gasteiger partial charge in [-0.3, -0.25) is 4.79 Å². The van der Waals surface area contributed by atoms with Crippen LogP contribution in [0, 0.1) is 0 Å². The lowest BCUT2D eigenvalue weighted by atomic mass is 10.1. The van der Waals surface area contributed by atoms with Gasteiger partial charge in [-0.25, -0.2) is 0 Å². The Hall–Kier alpha value is -1.55. The summed E-state index contributed by atoms with van der Waals surface area (Å²) in [5.74, 6) is -0.683.